The van der Waals surface area contributed by atoms with Crippen LogP contribution >= 0.6 is 23.4 Å². The molecule has 2 heterocycles. The van der Waals surface area contributed by atoms with Crippen LogP contribution in [0, 0.1) is 0 Å². The predicted molar refractivity (Wildman–Crippen MR) is 139 cm³/mol. The van der Waals surface area contributed by atoms with Crippen molar-refractivity contribution in [1.29, 1.82) is 0 Å². The van der Waals surface area contributed by atoms with E-state index >= 15 is 0 Å². The lowest BCUT2D eigenvalue weighted by Crippen LogP contribution is -2.51. The Kier molecular flexibility index (Phi) is 8.38. The first-order chi connectivity index (χ1) is 16.8. The standard InChI is InChI=1S/C26H30ClN3O4S/c27-19-7-3-6-18(13-19)22-9-4-10-30(22)26(34)24(32)23(31)25(33)29-14-20-12-16(15-35-20)11-17-5-1-2-8-21(17)28/h1-3,5-8,13,15,20,22-24,31-32H,4,9-12,14,28H2,(H,29,33)/t20?,22-,23-,24-/m1/s1. The van der Waals surface area contributed by atoms with Gasteiger partial charge in [-0.3, -0.25) is 9.59 Å². The Labute approximate surface area is 214 Å². The number of allylic oxidation sites excluding steroid dienone is 1. The maximum atomic E-state index is 12.9. The van der Waals surface area contributed by atoms with Crippen LogP contribution in [0.5, 0.6) is 0 Å². The van der Waals surface area contributed by atoms with Gasteiger partial charge in [-0.2, -0.15) is 0 Å². The van der Waals surface area contributed by atoms with Crippen molar-refractivity contribution < 1.29 is 19.8 Å². The van der Waals surface area contributed by atoms with Gasteiger partial charge in [-0.15, -0.1) is 11.8 Å². The third kappa shape index (κ3) is 6.19. The topological polar surface area (TPSA) is 116 Å². The number of hydrogen-bond donors (Lipinski definition) is 4. The van der Waals surface area contributed by atoms with Gasteiger partial charge in [0.05, 0.1) is 6.04 Å². The SMILES string of the molecule is Nc1ccccc1CC1=CSC(CNC(=O)[C@H](O)[C@@H](O)C(=O)N2CCC[C@@H]2c2cccc(Cl)c2)C1. The van der Waals surface area contributed by atoms with Crippen LogP contribution in [0.15, 0.2) is 59.5 Å². The van der Waals surface area contributed by atoms with Gasteiger partial charge in [-0.05, 0) is 60.4 Å². The van der Waals surface area contributed by atoms with Gasteiger partial charge in [0.15, 0.2) is 12.2 Å². The van der Waals surface area contributed by atoms with Crippen molar-refractivity contribution in [3.8, 4) is 0 Å². The molecule has 5 N–H and O–H groups in total. The van der Waals surface area contributed by atoms with E-state index in [2.05, 4.69) is 10.7 Å². The van der Waals surface area contributed by atoms with E-state index in [0.717, 1.165) is 42.5 Å². The minimum Gasteiger partial charge on any atom is -0.398 e. The lowest BCUT2D eigenvalue weighted by atomic mass is 10.0. The number of para-hydroxylation sites is 1. The van der Waals surface area contributed by atoms with E-state index in [1.807, 2.05) is 36.4 Å². The van der Waals surface area contributed by atoms with Crippen LogP contribution in [-0.2, 0) is 16.0 Å². The molecule has 35 heavy (non-hydrogen) atoms. The highest BCUT2D eigenvalue weighted by Crippen LogP contribution is 2.34. The third-order valence-electron chi connectivity index (χ3n) is 6.48. The van der Waals surface area contributed by atoms with Gasteiger partial charge in [0.2, 0.25) is 0 Å². The van der Waals surface area contributed by atoms with Crippen LogP contribution in [-0.4, -0.2) is 57.5 Å². The molecule has 2 amide bonds. The Morgan fingerprint density at radius 3 is 2.74 bits per heavy atom. The second-order valence-electron chi connectivity index (χ2n) is 8.99. The number of nitrogens with zero attached hydrogens (tertiary/aromatic N) is 1. The summed E-state index contributed by atoms with van der Waals surface area (Å²) in [5.74, 6) is -1.42. The fourth-order valence-electron chi connectivity index (χ4n) is 4.61. The van der Waals surface area contributed by atoms with Crippen molar-refractivity contribution in [2.75, 3.05) is 18.8 Å². The first kappa shape index (κ1) is 25.6. The first-order valence-electron chi connectivity index (χ1n) is 11.7. The fourth-order valence-corrected chi connectivity index (χ4v) is 5.87. The monoisotopic (exact) mass is 515 g/mol. The summed E-state index contributed by atoms with van der Waals surface area (Å²) in [6.45, 7) is 0.765. The summed E-state index contributed by atoms with van der Waals surface area (Å²) in [5.41, 5.74) is 9.95. The molecule has 0 spiro atoms. The average Bonchev–Trinajstić information content (AvgIpc) is 3.52. The smallest absolute Gasteiger partial charge is 0.255 e. The lowest BCUT2D eigenvalue weighted by molar-refractivity contribution is -0.153. The van der Waals surface area contributed by atoms with Gasteiger partial charge in [-0.1, -0.05) is 47.5 Å². The van der Waals surface area contributed by atoms with Gasteiger partial charge in [0, 0.05) is 29.0 Å². The Bertz CT molecular complexity index is 1110. The summed E-state index contributed by atoms with van der Waals surface area (Å²) >= 11 is 7.71. The number of thioether (sulfide) groups is 1. The summed E-state index contributed by atoms with van der Waals surface area (Å²) in [6, 6.07) is 14.7. The maximum absolute atomic E-state index is 12.9. The Morgan fingerprint density at radius 2 is 1.97 bits per heavy atom. The number of benzene rings is 2. The van der Waals surface area contributed by atoms with Crippen molar-refractivity contribution in [1.82, 2.24) is 10.2 Å². The van der Waals surface area contributed by atoms with Crippen LogP contribution in [0.3, 0.4) is 0 Å². The number of likely N-dealkylation sites (tertiary alicyclic amines) is 1. The minimum atomic E-state index is -1.84. The number of carbonyl (C=O) groups is 2. The second-order valence-corrected chi connectivity index (χ2v) is 10.6. The van der Waals surface area contributed by atoms with Gasteiger partial charge in [0.1, 0.15) is 0 Å². The predicted octanol–water partition coefficient (Wildman–Crippen LogP) is 3.06. The van der Waals surface area contributed by atoms with E-state index in [1.54, 1.807) is 23.9 Å². The number of aliphatic hydroxyl groups is 2. The number of aliphatic hydroxyl groups excluding tert-OH is 2. The highest BCUT2D eigenvalue weighted by molar-refractivity contribution is 8.03. The molecule has 2 aromatic rings. The average molecular weight is 516 g/mol. The Balaban J connectivity index is 1.27. The molecular weight excluding hydrogens is 486 g/mol. The number of halogens is 1. The number of amides is 2. The molecule has 0 aromatic heterocycles. The van der Waals surface area contributed by atoms with Crippen LogP contribution < -0.4 is 11.1 Å². The molecule has 186 valence electrons. The van der Waals surface area contributed by atoms with Crippen molar-refractivity contribution in [3.05, 3.63) is 75.7 Å². The van der Waals surface area contributed by atoms with Crippen LogP contribution in [0.2, 0.25) is 5.02 Å². The molecule has 2 aliphatic heterocycles. The van der Waals surface area contributed by atoms with Gasteiger partial charge >= 0.3 is 0 Å². The molecule has 1 saturated heterocycles. The van der Waals surface area contributed by atoms with E-state index in [-0.39, 0.29) is 11.3 Å². The molecule has 1 unspecified atom stereocenters. The zero-order valence-corrected chi connectivity index (χ0v) is 20.8. The minimum absolute atomic E-state index is 0.115. The first-order valence-corrected chi connectivity index (χ1v) is 13.0. The lowest BCUT2D eigenvalue weighted by Gasteiger charge is -2.28. The number of anilines is 1. The number of nitrogens with two attached hydrogens (primary N) is 1. The van der Waals surface area contributed by atoms with Gasteiger partial charge in [0.25, 0.3) is 11.8 Å². The second kappa shape index (κ2) is 11.5. The summed E-state index contributed by atoms with van der Waals surface area (Å²) < 4.78 is 0. The van der Waals surface area contributed by atoms with E-state index in [9.17, 15) is 19.8 Å². The van der Waals surface area contributed by atoms with Crippen molar-refractivity contribution in [3.63, 3.8) is 0 Å². The number of rotatable bonds is 8. The number of nitrogens with one attached hydrogen (secondary N) is 1. The molecule has 1 fully saturated rings. The molecule has 4 rings (SSSR count). The molecule has 4 atom stereocenters. The maximum Gasteiger partial charge on any atom is 0.255 e. The molecular formula is C26H30ClN3O4S. The number of carbonyl (C=O) groups excluding carboxylic acids is 2. The van der Waals surface area contributed by atoms with Gasteiger partial charge < -0.3 is 26.2 Å². The molecule has 7 nitrogen and oxygen atoms in total. The highest BCUT2D eigenvalue weighted by Gasteiger charge is 2.38. The number of nitrogen functional groups attached to an aromatic ring is 1. The highest BCUT2D eigenvalue weighted by atomic mass is 35.5. The molecule has 9 heteroatoms. The Morgan fingerprint density at radius 1 is 1.17 bits per heavy atom. The molecule has 2 aliphatic rings. The van der Waals surface area contributed by atoms with E-state index in [0.29, 0.717) is 18.1 Å². The summed E-state index contributed by atoms with van der Waals surface area (Å²) in [4.78, 5) is 27.0. The zero-order valence-electron chi connectivity index (χ0n) is 19.3. The number of hydrogen-bond acceptors (Lipinski definition) is 6. The van der Waals surface area contributed by atoms with E-state index < -0.39 is 24.0 Å². The largest absolute Gasteiger partial charge is 0.398 e. The Hall–Kier alpha value is -2.52. The van der Waals surface area contributed by atoms with Crippen LogP contribution in [0.25, 0.3) is 0 Å². The van der Waals surface area contributed by atoms with E-state index in [1.165, 1.54) is 10.5 Å². The fraction of sp³-hybridized carbons (Fsp3) is 0.385. The summed E-state index contributed by atoms with van der Waals surface area (Å²) in [5, 5.41) is 26.4. The quantitative estimate of drug-likeness (QED) is 0.402. The van der Waals surface area contributed by atoms with Crippen molar-refractivity contribution in [2.24, 2.45) is 0 Å². The molecule has 0 radical (unpaired) electrons. The molecule has 0 bridgehead atoms. The zero-order chi connectivity index (χ0) is 24.9. The van der Waals surface area contributed by atoms with Crippen molar-refractivity contribution >= 4 is 40.9 Å². The normalized spacial score (nSPS) is 21.5. The molecule has 0 aliphatic carbocycles. The van der Waals surface area contributed by atoms with Crippen molar-refractivity contribution in [2.45, 2.75) is 49.2 Å². The third-order valence-corrected chi connectivity index (χ3v) is 7.91. The molecule has 0 saturated carbocycles. The van der Waals surface area contributed by atoms with Crippen LogP contribution in [0.4, 0.5) is 5.69 Å². The van der Waals surface area contributed by atoms with E-state index in [4.69, 9.17) is 17.3 Å². The van der Waals surface area contributed by atoms with Gasteiger partial charge in [-0.25, -0.2) is 0 Å². The molecule has 2 aromatic carbocycles. The summed E-state index contributed by atoms with van der Waals surface area (Å²) in [6.07, 6.45) is -0.646. The van der Waals surface area contributed by atoms with Crippen LogP contribution in [0.1, 0.15) is 36.4 Å². The summed E-state index contributed by atoms with van der Waals surface area (Å²) in [7, 11) is 0.